The number of carbonyl (C=O) groups is 1. The molecule has 1 aromatic carbocycles. The zero-order chi connectivity index (χ0) is 13.0. The quantitative estimate of drug-likeness (QED) is 0.777. The van der Waals surface area contributed by atoms with Crippen LogP contribution in [0.5, 0.6) is 5.75 Å². The highest BCUT2D eigenvalue weighted by Crippen LogP contribution is 2.24. The Morgan fingerprint density at radius 3 is 2.44 bits per heavy atom. The number of halogens is 2. The molecule has 3 nitrogen and oxygen atoms in total. The average molecular weight is 256 g/mol. The molecule has 98 valence electrons. The second-order valence-electron chi connectivity index (χ2n) is 4.30. The topological polar surface area (TPSA) is 35.5 Å². The summed E-state index contributed by atoms with van der Waals surface area (Å²) < 4.78 is 37.4. The zero-order valence-corrected chi connectivity index (χ0v) is 9.83. The van der Waals surface area contributed by atoms with Gasteiger partial charge in [-0.1, -0.05) is 0 Å². The van der Waals surface area contributed by atoms with Gasteiger partial charge in [0.25, 0.3) is 0 Å². The van der Waals surface area contributed by atoms with E-state index in [0.29, 0.717) is 19.5 Å². The fourth-order valence-corrected chi connectivity index (χ4v) is 1.90. The van der Waals surface area contributed by atoms with Crippen molar-refractivity contribution in [2.45, 2.75) is 12.8 Å². The van der Waals surface area contributed by atoms with E-state index in [9.17, 15) is 13.6 Å². The molecule has 1 aromatic rings. The lowest BCUT2D eigenvalue weighted by Crippen LogP contribution is -2.22. The number of rotatable bonds is 4. The van der Waals surface area contributed by atoms with Crippen LogP contribution in [0.1, 0.15) is 23.2 Å². The van der Waals surface area contributed by atoms with Crippen molar-refractivity contribution in [1.82, 2.24) is 0 Å². The van der Waals surface area contributed by atoms with Crippen molar-refractivity contribution in [2.75, 3.05) is 19.8 Å². The van der Waals surface area contributed by atoms with Gasteiger partial charge < -0.3 is 9.47 Å². The largest absolute Gasteiger partial charge is 0.487 e. The van der Waals surface area contributed by atoms with Crippen molar-refractivity contribution >= 4 is 6.29 Å². The lowest BCUT2D eigenvalue weighted by Gasteiger charge is -2.22. The third-order valence-corrected chi connectivity index (χ3v) is 2.96. The Morgan fingerprint density at radius 1 is 1.28 bits per heavy atom. The molecule has 5 heteroatoms. The van der Waals surface area contributed by atoms with E-state index in [0.717, 1.165) is 25.0 Å². The summed E-state index contributed by atoms with van der Waals surface area (Å²) in [5, 5.41) is 0. The molecule has 0 atom stereocenters. The molecule has 0 aliphatic carbocycles. The van der Waals surface area contributed by atoms with Gasteiger partial charge >= 0.3 is 0 Å². The first-order valence-corrected chi connectivity index (χ1v) is 5.85. The van der Waals surface area contributed by atoms with Crippen LogP contribution in [0.4, 0.5) is 8.78 Å². The number of benzene rings is 1. The molecule has 1 aliphatic heterocycles. The summed E-state index contributed by atoms with van der Waals surface area (Å²) in [4.78, 5) is 10.4. The Kier molecular flexibility index (Phi) is 4.25. The molecule has 1 heterocycles. The molecule has 0 unspecified atom stereocenters. The van der Waals surface area contributed by atoms with Crippen LogP contribution in [0.15, 0.2) is 12.1 Å². The fourth-order valence-electron chi connectivity index (χ4n) is 1.90. The van der Waals surface area contributed by atoms with E-state index >= 15 is 0 Å². The third kappa shape index (κ3) is 3.04. The second-order valence-corrected chi connectivity index (χ2v) is 4.30. The van der Waals surface area contributed by atoms with E-state index < -0.39 is 17.4 Å². The Labute approximate surface area is 104 Å². The van der Waals surface area contributed by atoms with Crippen LogP contribution in [0.3, 0.4) is 0 Å². The smallest absolute Gasteiger partial charge is 0.190 e. The molecule has 1 fully saturated rings. The summed E-state index contributed by atoms with van der Waals surface area (Å²) in [5.74, 6) is -1.84. The van der Waals surface area contributed by atoms with Gasteiger partial charge in [0.05, 0.1) is 6.61 Å². The summed E-state index contributed by atoms with van der Waals surface area (Å²) in [7, 11) is 0. The van der Waals surface area contributed by atoms with E-state index in [-0.39, 0.29) is 18.1 Å². The minimum atomic E-state index is -0.843. The Morgan fingerprint density at radius 2 is 1.89 bits per heavy atom. The maximum Gasteiger partial charge on any atom is 0.190 e. The van der Waals surface area contributed by atoms with Crippen molar-refractivity contribution in [3.63, 3.8) is 0 Å². The van der Waals surface area contributed by atoms with Gasteiger partial charge in [0.1, 0.15) is 6.29 Å². The average Bonchev–Trinajstić information content (AvgIpc) is 2.38. The molecular weight excluding hydrogens is 242 g/mol. The highest BCUT2D eigenvalue weighted by molar-refractivity contribution is 5.75. The fraction of sp³-hybridized carbons (Fsp3) is 0.462. The predicted molar refractivity (Wildman–Crippen MR) is 60.8 cm³/mol. The summed E-state index contributed by atoms with van der Waals surface area (Å²) >= 11 is 0. The Balaban J connectivity index is 2.02. The summed E-state index contributed by atoms with van der Waals surface area (Å²) in [6.07, 6.45) is 2.06. The highest BCUT2D eigenvalue weighted by Gasteiger charge is 2.18. The van der Waals surface area contributed by atoms with Gasteiger partial charge in [-0.3, -0.25) is 4.79 Å². The molecule has 0 bridgehead atoms. The normalized spacial score (nSPS) is 16.6. The van der Waals surface area contributed by atoms with Crippen molar-refractivity contribution in [2.24, 2.45) is 5.92 Å². The van der Waals surface area contributed by atoms with Gasteiger partial charge in [0.15, 0.2) is 17.4 Å². The lowest BCUT2D eigenvalue weighted by molar-refractivity contribution is 0.0485. The molecule has 0 spiro atoms. The summed E-state index contributed by atoms with van der Waals surface area (Å²) in [6, 6.07) is 1.94. The van der Waals surface area contributed by atoms with Gasteiger partial charge in [-0.2, -0.15) is 0 Å². The number of ether oxygens (including phenoxy) is 2. The van der Waals surface area contributed by atoms with Gasteiger partial charge in [-0.05, 0) is 30.9 Å². The standard InChI is InChI=1S/C13H14F2O3/c14-11-5-10(7-16)6-12(15)13(11)18-8-9-1-3-17-4-2-9/h5-7,9H,1-4,8H2. The molecule has 1 saturated heterocycles. The van der Waals surface area contributed by atoms with Gasteiger partial charge in [-0.25, -0.2) is 8.78 Å². The zero-order valence-electron chi connectivity index (χ0n) is 9.83. The predicted octanol–water partition coefficient (Wildman–Crippen LogP) is 2.58. The third-order valence-electron chi connectivity index (χ3n) is 2.96. The molecule has 0 amide bonds. The minimum Gasteiger partial charge on any atom is -0.487 e. The van der Waals surface area contributed by atoms with Gasteiger partial charge in [0.2, 0.25) is 0 Å². The summed E-state index contributed by atoms with van der Waals surface area (Å²) in [6.45, 7) is 1.57. The van der Waals surface area contributed by atoms with Crippen molar-refractivity contribution in [1.29, 1.82) is 0 Å². The first kappa shape index (κ1) is 13.0. The molecule has 0 N–H and O–H groups in total. The van der Waals surface area contributed by atoms with E-state index in [1.807, 2.05) is 0 Å². The Bertz CT molecular complexity index is 405. The van der Waals surface area contributed by atoms with Crippen LogP contribution >= 0.6 is 0 Å². The number of hydrogen-bond donors (Lipinski definition) is 0. The van der Waals surface area contributed by atoms with Crippen LogP contribution in [0.25, 0.3) is 0 Å². The SMILES string of the molecule is O=Cc1cc(F)c(OCC2CCOCC2)c(F)c1. The molecular formula is C13H14F2O3. The molecule has 18 heavy (non-hydrogen) atoms. The van der Waals surface area contributed by atoms with Crippen LogP contribution < -0.4 is 4.74 Å². The minimum absolute atomic E-state index is 0.0385. The molecule has 0 radical (unpaired) electrons. The van der Waals surface area contributed by atoms with E-state index in [4.69, 9.17) is 9.47 Å². The number of hydrogen-bond acceptors (Lipinski definition) is 3. The van der Waals surface area contributed by atoms with Crippen LogP contribution in [0, 0.1) is 17.6 Å². The second kappa shape index (κ2) is 5.91. The van der Waals surface area contributed by atoms with E-state index in [1.165, 1.54) is 0 Å². The molecule has 0 aromatic heterocycles. The number of carbonyl (C=O) groups excluding carboxylic acids is 1. The van der Waals surface area contributed by atoms with Crippen molar-refractivity contribution in [3.05, 3.63) is 29.3 Å². The van der Waals surface area contributed by atoms with Gasteiger partial charge in [0, 0.05) is 18.8 Å². The number of aldehydes is 1. The maximum atomic E-state index is 13.5. The maximum absolute atomic E-state index is 13.5. The Hall–Kier alpha value is -1.49. The van der Waals surface area contributed by atoms with E-state index in [1.54, 1.807) is 0 Å². The van der Waals surface area contributed by atoms with Crippen LogP contribution in [-0.2, 0) is 4.74 Å². The molecule has 2 rings (SSSR count). The van der Waals surface area contributed by atoms with Crippen LogP contribution in [0.2, 0.25) is 0 Å². The summed E-state index contributed by atoms with van der Waals surface area (Å²) in [5.41, 5.74) is -0.0385. The highest BCUT2D eigenvalue weighted by atomic mass is 19.1. The van der Waals surface area contributed by atoms with Crippen molar-refractivity contribution in [3.8, 4) is 5.75 Å². The van der Waals surface area contributed by atoms with Crippen molar-refractivity contribution < 1.29 is 23.0 Å². The molecule has 1 aliphatic rings. The first-order valence-electron chi connectivity index (χ1n) is 5.85. The first-order chi connectivity index (χ1) is 8.70. The molecule has 0 saturated carbocycles. The monoisotopic (exact) mass is 256 g/mol. The van der Waals surface area contributed by atoms with Gasteiger partial charge in [-0.15, -0.1) is 0 Å². The van der Waals surface area contributed by atoms with E-state index in [2.05, 4.69) is 0 Å². The lowest BCUT2D eigenvalue weighted by atomic mass is 10.0. The van der Waals surface area contributed by atoms with Crippen LogP contribution in [-0.4, -0.2) is 26.1 Å².